The predicted octanol–water partition coefficient (Wildman–Crippen LogP) is 4.88. The van der Waals surface area contributed by atoms with Crippen LogP contribution in [-0.4, -0.2) is 18.8 Å². The largest absolute Gasteiger partial charge is 0.316 e. The van der Waals surface area contributed by atoms with E-state index in [0.717, 1.165) is 17.2 Å². The molecule has 2 aromatic carbocycles. The fraction of sp³-hybridized carbons (Fsp3) is 0.333. The first-order chi connectivity index (χ1) is 10.1. The molecule has 0 saturated carbocycles. The number of hydrogen-bond donors (Lipinski definition) is 1. The summed E-state index contributed by atoms with van der Waals surface area (Å²) in [7, 11) is 2.02. The Morgan fingerprint density at radius 2 is 1.86 bits per heavy atom. The average Bonchev–Trinajstić information content (AvgIpc) is 2.45. The van der Waals surface area contributed by atoms with Crippen LogP contribution in [0.2, 0.25) is 5.02 Å². The maximum Gasteiger partial charge on any atom is 0.0441 e. The molecule has 0 aliphatic heterocycles. The van der Waals surface area contributed by atoms with E-state index in [2.05, 4.69) is 55.6 Å². The molecule has 0 heterocycles. The molecule has 0 fully saturated rings. The number of hydrogen-bond acceptors (Lipinski definition) is 2. The Bertz CT molecular complexity index is 598. The van der Waals surface area contributed by atoms with Gasteiger partial charge in [-0.3, -0.25) is 0 Å². The van der Waals surface area contributed by atoms with Crippen LogP contribution in [0.15, 0.2) is 47.4 Å². The molecule has 112 valence electrons. The molecule has 0 spiro atoms. The standard InChI is InChI=1S/C18H22ClNS/c1-13-5-4-6-17(9-13)21-12-16(20-3)11-15-8-7-14(2)10-18(15)19/h4-10,16,20H,11-12H2,1-3H3. The SMILES string of the molecule is CNC(CSc1cccc(C)c1)Cc1ccc(C)cc1Cl. The second-order valence-corrected chi connectivity index (χ2v) is 6.91. The topological polar surface area (TPSA) is 12.0 Å². The van der Waals surface area contributed by atoms with Crippen molar-refractivity contribution in [2.75, 3.05) is 12.8 Å². The zero-order valence-electron chi connectivity index (χ0n) is 12.8. The zero-order valence-corrected chi connectivity index (χ0v) is 14.4. The summed E-state index contributed by atoms with van der Waals surface area (Å²) in [6, 6.07) is 15.4. The quantitative estimate of drug-likeness (QED) is 0.762. The van der Waals surface area contributed by atoms with E-state index in [1.807, 2.05) is 24.9 Å². The molecule has 2 rings (SSSR count). The van der Waals surface area contributed by atoms with Gasteiger partial charge in [-0.05, 0) is 56.6 Å². The van der Waals surface area contributed by atoms with Crippen LogP contribution in [0.4, 0.5) is 0 Å². The highest BCUT2D eigenvalue weighted by Crippen LogP contribution is 2.23. The number of aryl methyl sites for hydroxylation is 2. The lowest BCUT2D eigenvalue weighted by molar-refractivity contribution is 0.617. The van der Waals surface area contributed by atoms with Gasteiger partial charge in [0.25, 0.3) is 0 Å². The molecular formula is C18H22ClNS. The molecule has 3 heteroatoms. The number of halogens is 1. The lowest BCUT2D eigenvalue weighted by Gasteiger charge is -2.17. The van der Waals surface area contributed by atoms with Gasteiger partial charge in [0.2, 0.25) is 0 Å². The average molecular weight is 320 g/mol. The first-order valence-corrected chi connectivity index (χ1v) is 8.56. The molecule has 1 atom stereocenters. The molecule has 1 N–H and O–H groups in total. The molecular weight excluding hydrogens is 298 g/mol. The van der Waals surface area contributed by atoms with Gasteiger partial charge >= 0.3 is 0 Å². The van der Waals surface area contributed by atoms with E-state index in [1.165, 1.54) is 21.6 Å². The van der Waals surface area contributed by atoms with Crippen molar-refractivity contribution < 1.29 is 0 Å². The summed E-state index contributed by atoms with van der Waals surface area (Å²) in [4.78, 5) is 1.32. The van der Waals surface area contributed by atoms with Crippen LogP contribution in [0.5, 0.6) is 0 Å². The van der Waals surface area contributed by atoms with Gasteiger partial charge in [0.1, 0.15) is 0 Å². The molecule has 0 aromatic heterocycles. The summed E-state index contributed by atoms with van der Waals surface area (Å²) in [5.74, 6) is 1.03. The van der Waals surface area contributed by atoms with E-state index < -0.39 is 0 Å². The molecule has 0 radical (unpaired) electrons. The minimum absolute atomic E-state index is 0.413. The van der Waals surface area contributed by atoms with Gasteiger partial charge in [0.15, 0.2) is 0 Å². The van der Waals surface area contributed by atoms with Gasteiger partial charge in [-0.2, -0.15) is 0 Å². The van der Waals surface area contributed by atoms with Crippen LogP contribution < -0.4 is 5.32 Å². The fourth-order valence-corrected chi connectivity index (χ4v) is 3.66. The van der Waals surface area contributed by atoms with Gasteiger partial charge in [-0.25, -0.2) is 0 Å². The van der Waals surface area contributed by atoms with Crippen molar-refractivity contribution in [2.24, 2.45) is 0 Å². The molecule has 2 aromatic rings. The lowest BCUT2D eigenvalue weighted by atomic mass is 10.1. The van der Waals surface area contributed by atoms with Crippen LogP contribution in [0, 0.1) is 13.8 Å². The van der Waals surface area contributed by atoms with Crippen molar-refractivity contribution in [2.45, 2.75) is 31.2 Å². The van der Waals surface area contributed by atoms with Crippen molar-refractivity contribution in [3.63, 3.8) is 0 Å². The van der Waals surface area contributed by atoms with Crippen LogP contribution in [0.1, 0.15) is 16.7 Å². The molecule has 21 heavy (non-hydrogen) atoms. The van der Waals surface area contributed by atoms with Crippen molar-refractivity contribution in [3.8, 4) is 0 Å². The molecule has 0 aliphatic carbocycles. The van der Waals surface area contributed by atoms with E-state index in [4.69, 9.17) is 11.6 Å². The number of rotatable bonds is 6. The maximum atomic E-state index is 6.33. The van der Waals surface area contributed by atoms with E-state index in [9.17, 15) is 0 Å². The molecule has 0 aliphatic rings. The van der Waals surface area contributed by atoms with Crippen LogP contribution >= 0.6 is 23.4 Å². The second kappa shape index (κ2) is 7.88. The lowest BCUT2D eigenvalue weighted by Crippen LogP contribution is -2.30. The van der Waals surface area contributed by atoms with E-state index >= 15 is 0 Å². The van der Waals surface area contributed by atoms with Crippen molar-refractivity contribution in [3.05, 3.63) is 64.2 Å². The number of benzene rings is 2. The highest BCUT2D eigenvalue weighted by Gasteiger charge is 2.10. The van der Waals surface area contributed by atoms with Gasteiger partial charge in [-0.1, -0.05) is 41.4 Å². The molecule has 0 bridgehead atoms. The summed E-state index contributed by atoms with van der Waals surface area (Å²) in [5.41, 5.74) is 3.73. The third-order valence-electron chi connectivity index (χ3n) is 3.52. The molecule has 1 unspecified atom stereocenters. The predicted molar refractivity (Wildman–Crippen MR) is 94.6 cm³/mol. The van der Waals surface area contributed by atoms with Gasteiger partial charge in [0, 0.05) is 21.7 Å². The first kappa shape index (κ1) is 16.4. The van der Waals surface area contributed by atoms with Gasteiger partial charge in [-0.15, -0.1) is 11.8 Å². The Morgan fingerprint density at radius 3 is 2.52 bits per heavy atom. The fourth-order valence-electron chi connectivity index (χ4n) is 2.23. The Balaban J connectivity index is 1.97. The van der Waals surface area contributed by atoms with Gasteiger partial charge in [0.05, 0.1) is 0 Å². The normalized spacial score (nSPS) is 12.4. The zero-order chi connectivity index (χ0) is 15.2. The minimum Gasteiger partial charge on any atom is -0.316 e. The van der Waals surface area contributed by atoms with Crippen molar-refractivity contribution >= 4 is 23.4 Å². The van der Waals surface area contributed by atoms with Crippen molar-refractivity contribution in [1.29, 1.82) is 0 Å². The summed E-state index contributed by atoms with van der Waals surface area (Å²) < 4.78 is 0. The summed E-state index contributed by atoms with van der Waals surface area (Å²) in [5, 5.41) is 4.27. The van der Waals surface area contributed by atoms with E-state index in [1.54, 1.807) is 0 Å². The third kappa shape index (κ3) is 5.06. The van der Waals surface area contributed by atoms with E-state index in [0.29, 0.717) is 6.04 Å². The smallest absolute Gasteiger partial charge is 0.0441 e. The Labute approximate surface area is 137 Å². The van der Waals surface area contributed by atoms with Crippen LogP contribution in [-0.2, 0) is 6.42 Å². The molecule has 1 nitrogen and oxygen atoms in total. The molecule has 0 saturated heterocycles. The summed E-state index contributed by atoms with van der Waals surface area (Å²) >= 11 is 8.22. The third-order valence-corrected chi connectivity index (χ3v) is 5.03. The highest BCUT2D eigenvalue weighted by molar-refractivity contribution is 7.99. The Hall–Kier alpha value is -0.960. The number of likely N-dealkylation sites (N-methyl/N-ethyl adjacent to an activating group) is 1. The Morgan fingerprint density at radius 1 is 1.10 bits per heavy atom. The highest BCUT2D eigenvalue weighted by atomic mass is 35.5. The maximum absolute atomic E-state index is 6.33. The van der Waals surface area contributed by atoms with E-state index in [-0.39, 0.29) is 0 Å². The van der Waals surface area contributed by atoms with Crippen LogP contribution in [0.3, 0.4) is 0 Å². The summed E-state index contributed by atoms with van der Waals surface area (Å²) in [6.45, 7) is 4.20. The second-order valence-electron chi connectivity index (χ2n) is 5.41. The summed E-state index contributed by atoms with van der Waals surface area (Å²) in [6.07, 6.45) is 0.953. The van der Waals surface area contributed by atoms with Gasteiger partial charge < -0.3 is 5.32 Å². The number of thioether (sulfide) groups is 1. The minimum atomic E-state index is 0.413. The monoisotopic (exact) mass is 319 g/mol. The van der Waals surface area contributed by atoms with Crippen LogP contribution in [0.25, 0.3) is 0 Å². The molecule has 0 amide bonds. The first-order valence-electron chi connectivity index (χ1n) is 7.20. The Kier molecular flexibility index (Phi) is 6.16. The number of nitrogens with one attached hydrogen (secondary N) is 1. The van der Waals surface area contributed by atoms with Crippen molar-refractivity contribution in [1.82, 2.24) is 5.32 Å².